The third-order valence-corrected chi connectivity index (χ3v) is 13.1. The Morgan fingerprint density at radius 3 is 0.761 bits per heavy atom. The van der Waals surface area contributed by atoms with Crippen molar-refractivity contribution in [3.63, 3.8) is 0 Å². The van der Waals surface area contributed by atoms with Gasteiger partial charge in [0.15, 0.2) is 6.10 Å². The van der Waals surface area contributed by atoms with Crippen LogP contribution in [0.25, 0.3) is 0 Å². The Kier molecular flexibility index (Phi) is 54.2. The van der Waals surface area contributed by atoms with Crippen molar-refractivity contribution in [2.24, 2.45) is 0 Å². The Morgan fingerprint density at radius 2 is 0.493 bits per heavy atom. The van der Waals surface area contributed by atoms with Gasteiger partial charge < -0.3 is 14.2 Å². The molecule has 0 unspecified atom stereocenters. The molecule has 0 fully saturated rings. The maximum absolute atomic E-state index is 12.9. The molecule has 0 aliphatic heterocycles. The molecule has 0 aromatic carbocycles. The number of rotatable bonds is 54. The predicted octanol–water partition coefficient (Wildman–Crippen LogP) is 19.7. The van der Waals surface area contributed by atoms with E-state index in [-0.39, 0.29) is 31.1 Å². The molecule has 0 N–H and O–H groups in total. The second-order valence-corrected chi connectivity index (χ2v) is 19.9. The van der Waals surface area contributed by atoms with Gasteiger partial charge in [-0.25, -0.2) is 0 Å². The van der Waals surface area contributed by atoms with E-state index in [9.17, 15) is 14.4 Å². The molecule has 0 aliphatic carbocycles. The average molecular weight is 942 g/mol. The van der Waals surface area contributed by atoms with E-state index in [1.165, 1.54) is 205 Å². The quantitative estimate of drug-likeness (QED) is 0.0262. The predicted molar refractivity (Wildman–Crippen MR) is 289 cm³/mol. The fourth-order valence-electron chi connectivity index (χ4n) is 8.60. The molecule has 0 aromatic rings. The standard InChI is InChI=1S/C61H112O6/c1-4-7-10-13-16-19-22-25-27-28-29-30-31-32-34-37-40-43-46-49-52-55-61(64)67-58(56-65-59(62)53-50-47-44-41-38-35-24-21-18-15-12-9-6-3)57-66-60(63)54-51-48-45-42-39-36-33-26-23-20-17-14-11-8-5-2/h21,24-27,33,58H,4-20,22-23,28-32,34-57H2,1-3H3/b24-21-,27-25-,33-26-/t58-/m0/s1. The van der Waals surface area contributed by atoms with Crippen molar-refractivity contribution in [2.75, 3.05) is 13.2 Å². The van der Waals surface area contributed by atoms with Gasteiger partial charge in [0, 0.05) is 19.3 Å². The smallest absolute Gasteiger partial charge is 0.306 e. The van der Waals surface area contributed by atoms with Crippen LogP contribution in [-0.2, 0) is 28.6 Å². The Hall–Kier alpha value is -2.37. The summed E-state index contributed by atoms with van der Waals surface area (Å²) in [6, 6.07) is 0. The molecule has 0 saturated heterocycles. The minimum Gasteiger partial charge on any atom is -0.462 e. The maximum atomic E-state index is 12.9. The molecule has 0 bridgehead atoms. The Labute approximate surface area is 416 Å². The zero-order valence-corrected chi connectivity index (χ0v) is 44.9. The number of esters is 3. The minimum atomic E-state index is -0.777. The number of unbranched alkanes of at least 4 members (excludes halogenated alkanes) is 37. The van der Waals surface area contributed by atoms with E-state index in [0.717, 1.165) is 70.6 Å². The maximum Gasteiger partial charge on any atom is 0.306 e. The van der Waals surface area contributed by atoms with Crippen molar-refractivity contribution in [3.8, 4) is 0 Å². The van der Waals surface area contributed by atoms with Gasteiger partial charge in [-0.05, 0) is 96.3 Å². The van der Waals surface area contributed by atoms with Crippen LogP contribution in [-0.4, -0.2) is 37.2 Å². The van der Waals surface area contributed by atoms with Crippen LogP contribution < -0.4 is 0 Å². The second-order valence-electron chi connectivity index (χ2n) is 19.9. The topological polar surface area (TPSA) is 78.9 Å². The van der Waals surface area contributed by atoms with Crippen LogP contribution in [0.3, 0.4) is 0 Å². The van der Waals surface area contributed by atoms with Crippen LogP contribution in [0.15, 0.2) is 36.5 Å². The number of hydrogen-bond donors (Lipinski definition) is 0. The number of carbonyl (C=O) groups is 3. The van der Waals surface area contributed by atoms with E-state index < -0.39 is 6.10 Å². The zero-order chi connectivity index (χ0) is 48.6. The third-order valence-electron chi connectivity index (χ3n) is 13.1. The van der Waals surface area contributed by atoms with Crippen LogP contribution in [0.2, 0.25) is 0 Å². The molecular weight excluding hydrogens is 829 g/mol. The first-order chi connectivity index (χ1) is 33.0. The van der Waals surface area contributed by atoms with E-state index in [2.05, 4.69) is 57.2 Å². The number of allylic oxidation sites excluding steroid dienone is 6. The first-order valence-corrected chi connectivity index (χ1v) is 29.5. The fourth-order valence-corrected chi connectivity index (χ4v) is 8.60. The Balaban J connectivity index is 4.32. The highest BCUT2D eigenvalue weighted by Crippen LogP contribution is 2.16. The Bertz CT molecular complexity index is 1130. The summed E-state index contributed by atoms with van der Waals surface area (Å²) in [7, 11) is 0. The van der Waals surface area contributed by atoms with Crippen molar-refractivity contribution >= 4 is 17.9 Å². The summed E-state index contributed by atoms with van der Waals surface area (Å²) >= 11 is 0. The van der Waals surface area contributed by atoms with Crippen molar-refractivity contribution in [2.45, 2.75) is 322 Å². The van der Waals surface area contributed by atoms with Gasteiger partial charge in [-0.2, -0.15) is 0 Å². The van der Waals surface area contributed by atoms with E-state index in [1.807, 2.05) is 0 Å². The van der Waals surface area contributed by atoms with E-state index >= 15 is 0 Å². The second kappa shape index (κ2) is 56.2. The van der Waals surface area contributed by atoms with E-state index in [4.69, 9.17) is 14.2 Å². The van der Waals surface area contributed by atoms with Gasteiger partial charge in [-0.3, -0.25) is 14.4 Å². The monoisotopic (exact) mass is 941 g/mol. The van der Waals surface area contributed by atoms with Gasteiger partial charge in [0.05, 0.1) is 0 Å². The largest absolute Gasteiger partial charge is 0.462 e. The van der Waals surface area contributed by atoms with E-state index in [1.54, 1.807) is 0 Å². The summed E-state index contributed by atoms with van der Waals surface area (Å²) in [5.41, 5.74) is 0. The lowest BCUT2D eigenvalue weighted by Gasteiger charge is -2.18. The molecule has 6 heteroatoms. The molecule has 0 amide bonds. The van der Waals surface area contributed by atoms with E-state index in [0.29, 0.717) is 19.3 Å². The molecular formula is C61H112O6. The van der Waals surface area contributed by atoms with Gasteiger partial charge in [0.2, 0.25) is 0 Å². The van der Waals surface area contributed by atoms with Crippen molar-refractivity contribution in [1.82, 2.24) is 0 Å². The zero-order valence-electron chi connectivity index (χ0n) is 44.9. The molecule has 0 rings (SSSR count). The van der Waals surface area contributed by atoms with Crippen molar-refractivity contribution in [3.05, 3.63) is 36.5 Å². The Morgan fingerprint density at radius 1 is 0.284 bits per heavy atom. The molecule has 0 heterocycles. The van der Waals surface area contributed by atoms with Gasteiger partial charge >= 0.3 is 17.9 Å². The summed E-state index contributed by atoms with van der Waals surface area (Å²) in [6.45, 7) is 6.64. The first-order valence-electron chi connectivity index (χ1n) is 29.5. The lowest BCUT2D eigenvalue weighted by molar-refractivity contribution is -0.167. The molecule has 1 atom stereocenters. The van der Waals surface area contributed by atoms with Crippen molar-refractivity contribution in [1.29, 1.82) is 0 Å². The summed E-state index contributed by atoms with van der Waals surface area (Å²) < 4.78 is 16.9. The summed E-state index contributed by atoms with van der Waals surface area (Å²) in [5, 5.41) is 0. The molecule has 0 radical (unpaired) electrons. The highest BCUT2D eigenvalue weighted by molar-refractivity contribution is 5.71. The SMILES string of the molecule is CCCCCC/C=C\CCCCCCCC(=O)OC[C@@H](COC(=O)CCCCCCC/C=C\CCCCCCCC)OC(=O)CCCCCCCCCCCCC/C=C\CCCCCCCC. The van der Waals surface area contributed by atoms with Gasteiger partial charge in [0.1, 0.15) is 13.2 Å². The summed E-state index contributed by atoms with van der Waals surface area (Å²) in [4.78, 5) is 38.1. The fraction of sp³-hybridized carbons (Fsp3) is 0.852. The third kappa shape index (κ3) is 54.4. The molecule has 0 saturated carbocycles. The number of ether oxygens (including phenoxy) is 3. The summed E-state index contributed by atoms with van der Waals surface area (Å²) in [5.74, 6) is -0.878. The molecule has 0 aliphatic rings. The van der Waals surface area contributed by atoms with Crippen molar-refractivity contribution < 1.29 is 28.6 Å². The molecule has 0 aromatic heterocycles. The van der Waals surface area contributed by atoms with Gasteiger partial charge in [-0.15, -0.1) is 0 Å². The van der Waals surface area contributed by atoms with Gasteiger partial charge in [-0.1, -0.05) is 237 Å². The molecule has 6 nitrogen and oxygen atoms in total. The first kappa shape index (κ1) is 64.6. The minimum absolute atomic E-state index is 0.0769. The summed E-state index contributed by atoms with van der Waals surface area (Å²) in [6.07, 6.45) is 67.1. The number of hydrogen-bond acceptors (Lipinski definition) is 6. The average Bonchev–Trinajstić information content (AvgIpc) is 3.33. The lowest BCUT2D eigenvalue weighted by atomic mass is 10.0. The molecule has 392 valence electrons. The normalized spacial score (nSPS) is 12.2. The van der Waals surface area contributed by atoms with Gasteiger partial charge in [0.25, 0.3) is 0 Å². The van der Waals surface area contributed by atoms with Crippen LogP contribution >= 0.6 is 0 Å². The van der Waals surface area contributed by atoms with Crippen LogP contribution in [0, 0.1) is 0 Å². The van der Waals surface area contributed by atoms with Crippen LogP contribution in [0.5, 0.6) is 0 Å². The van der Waals surface area contributed by atoms with Crippen LogP contribution in [0.4, 0.5) is 0 Å². The molecule has 0 spiro atoms. The molecule has 67 heavy (non-hydrogen) atoms. The highest BCUT2D eigenvalue weighted by atomic mass is 16.6. The number of carbonyl (C=O) groups excluding carboxylic acids is 3. The van der Waals surface area contributed by atoms with Crippen LogP contribution in [0.1, 0.15) is 316 Å². The highest BCUT2D eigenvalue weighted by Gasteiger charge is 2.19. The lowest BCUT2D eigenvalue weighted by Crippen LogP contribution is -2.30.